The Morgan fingerprint density at radius 2 is 1.50 bits per heavy atom. The molecule has 0 spiro atoms. The van der Waals surface area contributed by atoms with Crippen LogP contribution in [0.4, 0.5) is 0 Å². The van der Waals surface area contributed by atoms with Crippen LogP contribution in [-0.4, -0.2) is 34.7 Å². The van der Waals surface area contributed by atoms with Crippen LogP contribution in [0.5, 0.6) is 0 Å². The predicted octanol–water partition coefficient (Wildman–Crippen LogP) is 2.56. The molecule has 1 N–H and O–H groups in total. The van der Waals surface area contributed by atoms with Crippen LogP contribution in [0.2, 0.25) is 0 Å². The molecule has 0 aromatic rings. The molecule has 0 bridgehead atoms. The number of fused-ring (bicyclic) bond motifs is 1. The van der Waals surface area contributed by atoms with E-state index in [1.807, 2.05) is 12.2 Å². The van der Waals surface area contributed by atoms with Gasteiger partial charge >= 0.3 is 0 Å². The van der Waals surface area contributed by atoms with Gasteiger partial charge < -0.3 is 5.32 Å². The van der Waals surface area contributed by atoms with Crippen LogP contribution in [0.1, 0.15) is 64.7 Å². The Balaban J connectivity index is 1.62. The first-order chi connectivity index (χ1) is 11.6. The average Bonchev–Trinajstić information content (AvgIpc) is 2.81. The summed E-state index contributed by atoms with van der Waals surface area (Å²) in [6.45, 7) is 1.68. The summed E-state index contributed by atoms with van der Waals surface area (Å²) in [6, 6.07) is -0.530. The number of amides is 3. The van der Waals surface area contributed by atoms with Crippen LogP contribution < -0.4 is 5.32 Å². The number of rotatable bonds is 3. The van der Waals surface area contributed by atoms with Crippen LogP contribution in [0.3, 0.4) is 0 Å². The Labute approximate surface area is 143 Å². The van der Waals surface area contributed by atoms with Crippen molar-refractivity contribution >= 4 is 17.7 Å². The Hall–Kier alpha value is -1.65. The number of nitrogens with one attached hydrogen (secondary N) is 1. The van der Waals surface area contributed by atoms with Gasteiger partial charge in [-0.15, -0.1) is 0 Å². The van der Waals surface area contributed by atoms with E-state index in [9.17, 15) is 14.4 Å². The van der Waals surface area contributed by atoms with Crippen molar-refractivity contribution in [1.82, 2.24) is 10.2 Å². The molecule has 5 nitrogen and oxygen atoms in total. The molecular formula is C19H28N2O3. The normalized spacial score (nSPS) is 29.8. The molecule has 24 heavy (non-hydrogen) atoms. The molecule has 2 fully saturated rings. The molecule has 3 atom stereocenters. The standard InChI is InChI=1S/C19H28N2O3/c1-13(17(22)20-14-9-5-3-2-4-6-10-14)21-18(23)15-11-7-8-12-16(15)19(21)24/h7-8,13-16H,2-6,9-12H2,1H3,(H,20,22)/t13-,15-,16-/m0/s1. The topological polar surface area (TPSA) is 66.5 Å². The lowest BCUT2D eigenvalue weighted by Gasteiger charge is -2.26. The van der Waals surface area contributed by atoms with Gasteiger partial charge in [0.15, 0.2) is 0 Å². The summed E-state index contributed by atoms with van der Waals surface area (Å²) in [7, 11) is 0. The Morgan fingerprint density at radius 3 is 2.04 bits per heavy atom. The lowest BCUT2D eigenvalue weighted by atomic mass is 9.85. The molecule has 1 aliphatic heterocycles. The van der Waals surface area contributed by atoms with E-state index >= 15 is 0 Å². The summed E-state index contributed by atoms with van der Waals surface area (Å²) < 4.78 is 0. The lowest BCUT2D eigenvalue weighted by molar-refractivity contribution is -0.147. The van der Waals surface area contributed by atoms with Crippen molar-refractivity contribution in [3.8, 4) is 0 Å². The summed E-state index contributed by atoms with van der Waals surface area (Å²) in [5.74, 6) is -1.06. The smallest absolute Gasteiger partial charge is 0.243 e. The van der Waals surface area contributed by atoms with Gasteiger partial charge in [-0.3, -0.25) is 19.3 Å². The van der Waals surface area contributed by atoms with Crippen molar-refractivity contribution in [2.75, 3.05) is 0 Å². The van der Waals surface area contributed by atoms with Gasteiger partial charge in [0.2, 0.25) is 17.7 Å². The second kappa shape index (κ2) is 7.49. The fraction of sp³-hybridized carbons (Fsp3) is 0.737. The largest absolute Gasteiger partial charge is 0.352 e. The summed E-state index contributed by atoms with van der Waals surface area (Å²) in [4.78, 5) is 39.0. The second-order valence-electron chi connectivity index (χ2n) is 7.43. The third kappa shape index (κ3) is 3.40. The highest BCUT2D eigenvalue weighted by atomic mass is 16.2. The molecule has 1 heterocycles. The first kappa shape index (κ1) is 17.2. The zero-order valence-electron chi connectivity index (χ0n) is 14.5. The molecule has 0 unspecified atom stereocenters. The summed E-state index contributed by atoms with van der Waals surface area (Å²) in [5.41, 5.74) is 0. The van der Waals surface area contributed by atoms with Gasteiger partial charge in [-0.2, -0.15) is 0 Å². The number of allylic oxidation sites excluding steroid dienone is 2. The number of carbonyl (C=O) groups is 3. The van der Waals surface area contributed by atoms with Crippen molar-refractivity contribution in [2.45, 2.75) is 76.8 Å². The maximum Gasteiger partial charge on any atom is 0.243 e. The second-order valence-corrected chi connectivity index (χ2v) is 7.43. The SMILES string of the molecule is C[C@@H](C(=O)NC1CCCCCCC1)N1C(=O)[C@H]2CC=CC[C@@H]2C1=O. The molecule has 0 radical (unpaired) electrons. The maximum atomic E-state index is 12.6. The van der Waals surface area contributed by atoms with E-state index in [1.54, 1.807) is 6.92 Å². The highest BCUT2D eigenvalue weighted by molar-refractivity contribution is 6.08. The van der Waals surface area contributed by atoms with E-state index in [-0.39, 0.29) is 35.6 Å². The number of likely N-dealkylation sites (tertiary alicyclic amines) is 1. The van der Waals surface area contributed by atoms with Crippen LogP contribution >= 0.6 is 0 Å². The zero-order chi connectivity index (χ0) is 17.1. The first-order valence-corrected chi connectivity index (χ1v) is 9.42. The van der Waals surface area contributed by atoms with Crippen LogP contribution in [0.15, 0.2) is 12.2 Å². The van der Waals surface area contributed by atoms with Crippen molar-refractivity contribution in [3.05, 3.63) is 12.2 Å². The number of carbonyl (C=O) groups excluding carboxylic acids is 3. The minimum atomic E-state index is -0.707. The number of hydrogen-bond acceptors (Lipinski definition) is 3. The molecule has 1 saturated heterocycles. The number of imide groups is 1. The highest BCUT2D eigenvalue weighted by Gasteiger charge is 2.50. The lowest BCUT2D eigenvalue weighted by Crippen LogP contribution is -2.50. The van der Waals surface area contributed by atoms with E-state index in [0.29, 0.717) is 12.8 Å². The van der Waals surface area contributed by atoms with E-state index in [0.717, 1.165) is 25.7 Å². The summed E-state index contributed by atoms with van der Waals surface area (Å²) in [5, 5.41) is 3.09. The zero-order valence-corrected chi connectivity index (χ0v) is 14.5. The van der Waals surface area contributed by atoms with Crippen molar-refractivity contribution in [3.63, 3.8) is 0 Å². The average molecular weight is 332 g/mol. The van der Waals surface area contributed by atoms with Gasteiger partial charge in [0.25, 0.3) is 0 Å². The van der Waals surface area contributed by atoms with Crippen molar-refractivity contribution in [2.24, 2.45) is 11.8 Å². The molecule has 1 saturated carbocycles. The molecule has 5 heteroatoms. The molecule has 0 aromatic carbocycles. The quantitative estimate of drug-likeness (QED) is 0.638. The minimum Gasteiger partial charge on any atom is -0.352 e. The fourth-order valence-corrected chi connectivity index (χ4v) is 4.25. The number of hydrogen-bond donors (Lipinski definition) is 1. The molecule has 3 rings (SSSR count). The van der Waals surface area contributed by atoms with E-state index in [2.05, 4.69) is 5.32 Å². The minimum absolute atomic E-state index is 0.172. The number of nitrogens with zero attached hydrogens (tertiary/aromatic N) is 1. The van der Waals surface area contributed by atoms with Gasteiger partial charge in [-0.1, -0.05) is 44.3 Å². The monoisotopic (exact) mass is 332 g/mol. The molecule has 0 aromatic heterocycles. The molecule has 3 amide bonds. The van der Waals surface area contributed by atoms with Crippen molar-refractivity contribution < 1.29 is 14.4 Å². The predicted molar refractivity (Wildman–Crippen MR) is 90.9 cm³/mol. The van der Waals surface area contributed by atoms with Crippen LogP contribution in [0, 0.1) is 11.8 Å². The third-order valence-electron chi connectivity index (χ3n) is 5.76. The van der Waals surface area contributed by atoms with Crippen LogP contribution in [0.25, 0.3) is 0 Å². The molecule has 3 aliphatic rings. The van der Waals surface area contributed by atoms with E-state index < -0.39 is 6.04 Å². The van der Waals surface area contributed by atoms with Gasteiger partial charge in [0, 0.05) is 6.04 Å². The van der Waals surface area contributed by atoms with Gasteiger partial charge in [-0.05, 0) is 32.6 Å². The van der Waals surface area contributed by atoms with Crippen molar-refractivity contribution in [1.29, 1.82) is 0 Å². The summed E-state index contributed by atoms with van der Waals surface area (Å²) in [6.07, 6.45) is 13.2. The molecule has 2 aliphatic carbocycles. The highest BCUT2D eigenvalue weighted by Crippen LogP contribution is 2.36. The Bertz CT molecular complexity index is 509. The van der Waals surface area contributed by atoms with Crippen LogP contribution in [-0.2, 0) is 14.4 Å². The summed E-state index contributed by atoms with van der Waals surface area (Å²) >= 11 is 0. The third-order valence-corrected chi connectivity index (χ3v) is 5.76. The van der Waals surface area contributed by atoms with E-state index in [1.165, 1.54) is 24.2 Å². The molecule has 132 valence electrons. The Kier molecular flexibility index (Phi) is 5.36. The first-order valence-electron chi connectivity index (χ1n) is 9.42. The van der Waals surface area contributed by atoms with Gasteiger partial charge in [0.05, 0.1) is 11.8 Å². The molecular weight excluding hydrogens is 304 g/mol. The maximum absolute atomic E-state index is 12.6. The Morgan fingerprint density at radius 1 is 1.00 bits per heavy atom. The fourth-order valence-electron chi connectivity index (χ4n) is 4.25. The van der Waals surface area contributed by atoms with E-state index in [4.69, 9.17) is 0 Å². The van der Waals surface area contributed by atoms with Gasteiger partial charge in [0.1, 0.15) is 6.04 Å². The van der Waals surface area contributed by atoms with Gasteiger partial charge in [-0.25, -0.2) is 0 Å².